The molecule has 4 aromatic heterocycles. The van der Waals surface area contributed by atoms with Gasteiger partial charge in [-0.2, -0.15) is 28.6 Å². The molecule has 0 radical (unpaired) electrons. The highest BCUT2D eigenvalue weighted by molar-refractivity contribution is 5.88. The fourth-order valence-electron chi connectivity index (χ4n) is 4.35. The van der Waals surface area contributed by atoms with Gasteiger partial charge in [0, 0.05) is 56.1 Å². The van der Waals surface area contributed by atoms with E-state index in [2.05, 4.69) is 21.3 Å². The highest BCUT2D eigenvalue weighted by Gasteiger charge is 2.49. The summed E-state index contributed by atoms with van der Waals surface area (Å²) >= 11 is 0. The summed E-state index contributed by atoms with van der Waals surface area (Å²) in [6.07, 6.45) is 2.79. The van der Waals surface area contributed by atoms with Gasteiger partial charge in [0.1, 0.15) is 0 Å². The van der Waals surface area contributed by atoms with E-state index in [1.165, 1.54) is 4.90 Å². The van der Waals surface area contributed by atoms with Crippen LogP contribution in [0.2, 0.25) is 0 Å². The summed E-state index contributed by atoms with van der Waals surface area (Å²) < 4.78 is 41.6. The van der Waals surface area contributed by atoms with Crippen molar-refractivity contribution in [3.8, 4) is 23.1 Å². The molecule has 5 heterocycles. The lowest BCUT2D eigenvalue weighted by Gasteiger charge is -2.48. The maximum absolute atomic E-state index is 12.8. The minimum absolute atomic E-state index is 0.0871. The van der Waals surface area contributed by atoms with Gasteiger partial charge in [-0.3, -0.25) is 14.6 Å². The zero-order chi connectivity index (χ0) is 23.2. The van der Waals surface area contributed by atoms with Crippen LogP contribution < -0.4 is 0 Å². The first-order valence-corrected chi connectivity index (χ1v) is 10.2. The summed E-state index contributed by atoms with van der Waals surface area (Å²) in [6, 6.07) is 9.43. The quantitative estimate of drug-likeness (QED) is 0.462. The van der Waals surface area contributed by atoms with Crippen LogP contribution in [0.3, 0.4) is 0 Å². The van der Waals surface area contributed by atoms with Crippen molar-refractivity contribution in [2.45, 2.75) is 18.0 Å². The second-order valence-corrected chi connectivity index (χ2v) is 8.32. The van der Waals surface area contributed by atoms with E-state index in [0.29, 0.717) is 17.2 Å². The molecule has 4 aromatic rings. The van der Waals surface area contributed by atoms with Gasteiger partial charge in [0.05, 0.1) is 41.1 Å². The number of aromatic nitrogens is 6. The number of fused-ring (bicyclic) bond motifs is 1. The predicted molar refractivity (Wildman–Crippen MR) is 113 cm³/mol. The van der Waals surface area contributed by atoms with Crippen LogP contribution in [0.5, 0.6) is 0 Å². The smallest absolute Gasteiger partial charge is 0.293 e. The van der Waals surface area contributed by atoms with Gasteiger partial charge >= 0.3 is 6.18 Å². The van der Waals surface area contributed by atoms with E-state index in [1.54, 1.807) is 40.1 Å². The molecule has 0 atom stereocenters. The van der Waals surface area contributed by atoms with Crippen LogP contribution in [0, 0.1) is 11.3 Å². The molecule has 0 bridgehead atoms. The fraction of sp³-hybridized carbons (Fsp3) is 0.318. The molecule has 11 heteroatoms. The molecule has 0 saturated carbocycles. The fourth-order valence-corrected chi connectivity index (χ4v) is 4.35. The Morgan fingerprint density at radius 1 is 1.24 bits per heavy atom. The van der Waals surface area contributed by atoms with Crippen molar-refractivity contribution in [1.29, 1.82) is 5.26 Å². The molecule has 0 spiro atoms. The van der Waals surface area contributed by atoms with Gasteiger partial charge in [-0.15, -0.1) is 0 Å². The number of likely N-dealkylation sites (tertiary alicyclic amines) is 1. The first kappa shape index (κ1) is 21.1. The Balaban J connectivity index is 1.53. The average molecular weight is 452 g/mol. The lowest BCUT2D eigenvalue weighted by atomic mass is 9.74. The molecule has 1 fully saturated rings. The molecule has 33 heavy (non-hydrogen) atoms. The number of nitrogens with zero attached hydrogens (tertiary/aromatic N) is 8. The molecule has 1 saturated heterocycles. The van der Waals surface area contributed by atoms with Gasteiger partial charge in [-0.25, -0.2) is 9.67 Å². The van der Waals surface area contributed by atoms with E-state index in [0.717, 1.165) is 16.5 Å². The first-order chi connectivity index (χ1) is 15.8. The van der Waals surface area contributed by atoms with Crippen LogP contribution in [0.4, 0.5) is 13.2 Å². The predicted octanol–water partition coefficient (Wildman–Crippen LogP) is 3.25. The van der Waals surface area contributed by atoms with Crippen LogP contribution in [0.15, 0.2) is 49.1 Å². The van der Waals surface area contributed by atoms with Gasteiger partial charge in [0.15, 0.2) is 5.82 Å². The lowest BCUT2D eigenvalue weighted by molar-refractivity contribution is -0.161. The van der Waals surface area contributed by atoms with Crippen LogP contribution in [-0.2, 0) is 12.5 Å². The molecular formula is C22H19F3N8. The minimum Gasteiger partial charge on any atom is -0.293 e. The molecule has 0 unspecified atom stereocenters. The maximum Gasteiger partial charge on any atom is 0.401 e. The SMILES string of the molecule is Cn1cc(-c2cc3ncccc3c(-n3ccc(C4(CC#N)CN(CC(F)(F)F)C4)n3)n2)cn1. The van der Waals surface area contributed by atoms with Crippen molar-refractivity contribution >= 4 is 10.9 Å². The van der Waals surface area contributed by atoms with Gasteiger partial charge in [-0.1, -0.05) is 0 Å². The molecule has 8 nitrogen and oxygen atoms in total. The zero-order valence-electron chi connectivity index (χ0n) is 17.7. The Hall–Kier alpha value is -3.78. The molecule has 0 N–H and O–H groups in total. The summed E-state index contributed by atoms with van der Waals surface area (Å²) in [7, 11) is 1.82. The number of aryl methyl sites for hydroxylation is 1. The van der Waals surface area contributed by atoms with Crippen LogP contribution in [-0.4, -0.2) is 60.2 Å². The number of nitriles is 1. The monoisotopic (exact) mass is 452 g/mol. The second kappa shape index (κ2) is 7.67. The van der Waals surface area contributed by atoms with Crippen molar-refractivity contribution in [1.82, 2.24) is 34.4 Å². The van der Waals surface area contributed by atoms with Crippen LogP contribution in [0.1, 0.15) is 12.1 Å². The third-order valence-electron chi connectivity index (χ3n) is 5.80. The van der Waals surface area contributed by atoms with Crippen molar-refractivity contribution in [2.75, 3.05) is 19.6 Å². The Bertz CT molecular complexity index is 1360. The molecule has 0 aliphatic carbocycles. The van der Waals surface area contributed by atoms with Crippen molar-refractivity contribution in [2.24, 2.45) is 7.05 Å². The highest BCUT2D eigenvalue weighted by atomic mass is 19.4. The summed E-state index contributed by atoms with van der Waals surface area (Å²) in [5.74, 6) is 0.546. The molecule has 5 rings (SSSR count). The van der Waals surface area contributed by atoms with E-state index < -0.39 is 18.1 Å². The van der Waals surface area contributed by atoms with E-state index in [4.69, 9.17) is 4.98 Å². The molecule has 1 aliphatic rings. The van der Waals surface area contributed by atoms with E-state index in [1.807, 2.05) is 25.4 Å². The highest BCUT2D eigenvalue weighted by Crippen LogP contribution is 2.38. The molecular weight excluding hydrogens is 433 g/mol. The normalized spacial score (nSPS) is 16.0. The van der Waals surface area contributed by atoms with Crippen LogP contribution in [0.25, 0.3) is 28.0 Å². The molecule has 168 valence electrons. The lowest BCUT2D eigenvalue weighted by Crippen LogP contribution is -2.61. The van der Waals surface area contributed by atoms with E-state index in [-0.39, 0.29) is 19.5 Å². The summed E-state index contributed by atoms with van der Waals surface area (Å²) in [5.41, 5.74) is 2.06. The van der Waals surface area contributed by atoms with Gasteiger partial charge in [0.25, 0.3) is 0 Å². The standard InChI is InChI=1S/C22H19F3N8/c1-31-11-15(10-28-31)17-9-18-16(3-2-7-27-18)20(29-17)33-8-4-19(30-33)21(5-6-26)12-32(13-21)14-22(23,24)25/h2-4,7-11H,5,12-14H2,1H3. The molecule has 0 aromatic carbocycles. The Kier molecular flexibility index (Phi) is 4.90. The van der Waals surface area contributed by atoms with Gasteiger partial charge < -0.3 is 0 Å². The summed E-state index contributed by atoms with van der Waals surface area (Å²) in [6.45, 7) is -0.739. The third kappa shape index (κ3) is 3.93. The number of hydrogen-bond donors (Lipinski definition) is 0. The Morgan fingerprint density at radius 3 is 2.76 bits per heavy atom. The summed E-state index contributed by atoms with van der Waals surface area (Å²) in [5, 5.41) is 19.0. The Labute approximate surface area is 186 Å². The van der Waals surface area contributed by atoms with Gasteiger partial charge in [-0.05, 0) is 24.3 Å². The van der Waals surface area contributed by atoms with Crippen LogP contribution >= 0.6 is 0 Å². The topological polar surface area (TPSA) is 88.5 Å². The van der Waals surface area contributed by atoms with Gasteiger partial charge in [0.2, 0.25) is 0 Å². The average Bonchev–Trinajstić information content (AvgIpc) is 3.40. The van der Waals surface area contributed by atoms with Crippen molar-refractivity contribution in [3.63, 3.8) is 0 Å². The van der Waals surface area contributed by atoms with Crippen molar-refractivity contribution < 1.29 is 13.2 Å². The van der Waals surface area contributed by atoms with Crippen molar-refractivity contribution in [3.05, 3.63) is 54.7 Å². The molecule has 1 aliphatic heterocycles. The number of halogens is 3. The first-order valence-electron chi connectivity index (χ1n) is 10.2. The Morgan fingerprint density at radius 2 is 2.06 bits per heavy atom. The largest absolute Gasteiger partial charge is 0.401 e. The number of pyridine rings is 2. The zero-order valence-corrected chi connectivity index (χ0v) is 17.7. The second-order valence-electron chi connectivity index (χ2n) is 8.32. The summed E-state index contributed by atoms with van der Waals surface area (Å²) in [4.78, 5) is 10.5. The maximum atomic E-state index is 12.8. The van der Waals surface area contributed by atoms with E-state index >= 15 is 0 Å². The third-order valence-corrected chi connectivity index (χ3v) is 5.80. The minimum atomic E-state index is -4.28. The number of rotatable bonds is 5. The van der Waals surface area contributed by atoms with E-state index in [9.17, 15) is 18.4 Å². The number of hydrogen-bond acceptors (Lipinski definition) is 6. The molecule has 0 amide bonds. The number of alkyl halides is 3.